The Balaban J connectivity index is 1.51. The van der Waals surface area contributed by atoms with Crippen molar-refractivity contribution in [3.8, 4) is 17.0 Å². The van der Waals surface area contributed by atoms with Crippen molar-refractivity contribution in [1.82, 2.24) is 19.5 Å². The van der Waals surface area contributed by atoms with Gasteiger partial charge in [0.25, 0.3) is 5.91 Å². The van der Waals surface area contributed by atoms with Crippen molar-refractivity contribution in [3.63, 3.8) is 0 Å². The second-order valence-corrected chi connectivity index (χ2v) is 7.94. The fourth-order valence-electron chi connectivity index (χ4n) is 3.98. The molecule has 5 rings (SSSR count). The van der Waals surface area contributed by atoms with Crippen LogP contribution < -0.4 is 10.5 Å². The minimum atomic E-state index is -0.481. The van der Waals surface area contributed by atoms with Crippen LogP contribution in [-0.4, -0.2) is 45.1 Å². The van der Waals surface area contributed by atoms with Gasteiger partial charge in [-0.1, -0.05) is 6.08 Å². The number of benzene rings is 1. The number of nitrogens with zero attached hydrogens (tertiary/aromatic N) is 3. The summed E-state index contributed by atoms with van der Waals surface area (Å²) in [6, 6.07) is 7.79. The van der Waals surface area contributed by atoms with Crippen LogP contribution in [0.1, 0.15) is 34.6 Å². The van der Waals surface area contributed by atoms with Gasteiger partial charge in [0.15, 0.2) is 5.65 Å². The molecular weight excluding hydrogens is 366 g/mol. The summed E-state index contributed by atoms with van der Waals surface area (Å²) < 4.78 is 7.73. The van der Waals surface area contributed by atoms with Gasteiger partial charge in [-0.3, -0.25) is 14.8 Å². The van der Waals surface area contributed by atoms with Gasteiger partial charge in [-0.25, -0.2) is 9.50 Å². The molecule has 3 aromatic rings. The average Bonchev–Trinajstić information content (AvgIpc) is 3.38. The minimum Gasteiger partial charge on any atom is -0.493 e. The third kappa shape index (κ3) is 3.31. The molecule has 0 bridgehead atoms. The zero-order chi connectivity index (χ0) is 20.0. The van der Waals surface area contributed by atoms with Gasteiger partial charge in [0, 0.05) is 31.6 Å². The number of fused-ring (bicyclic) bond motifs is 3. The number of H-pyrrole nitrogens is 1. The number of aromatic amines is 1. The monoisotopic (exact) mass is 391 g/mol. The summed E-state index contributed by atoms with van der Waals surface area (Å²) in [7, 11) is 0. The van der Waals surface area contributed by atoms with E-state index in [1.54, 1.807) is 0 Å². The number of hydrogen-bond donors (Lipinski definition) is 2. The molecule has 7 heteroatoms. The van der Waals surface area contributed by atoms with Crippen molar-refractivity contribution in [2.24, 2.45) is 11.7 Å². The van der Waals surface area contributed by atoms with Crippen LogP contribution in [0.5, 0.6) is 5.75 Å². The first-order valence-corrected chi connectivity index (χ1v) is 10.1. The Kier molecular flexibility index (Phi) is 4.39. The quantitative estimate of drug-likeness (QED) is 0.606. The van der Waals surface area contributed by atoms with E-state index in [4.69, 9.17) is 15.5 Å². The number of primary amides is 1. The van der Waals surface area contributed by atoms with Gasteiger partial charge in [0.05, 0.1) is 23.7 Å². The lowest BCUT2D eigenvalue weighted by molar-refractivity contribution is 0.100. The second-order valence-electron chi connectivity index (χ2n) is 7.94. The summed E-state index contributed by atoms with van der Waals surface area (Å²) in [5.41, 5.74) is 10.5. The van der Waals surface area contributed by atoms with E-state index in [1.807, 2.05) is 34.9 Å². The largest absolute Gasteiger partial charge is 0.493 e. The number of ether oxygens (including phenoxy) is 1. The first kappa shape index (κ1) is 18.0. The van der Waals surface area contributed by atoms with E-state index >= 15 is 0 Å². The van der Waals surface area contributed by atoms with Gasteiger partial charge in [0.1, 0.15) is 11.3 Å². The molecular formula is C22H25N5O2. The Morgan fingerprint density at radius 3 is 2.83 bits per heavy atom. The summed E-state index contributed by atoms with van der Waals surface area (Å²) in [6.07, 6.45) is 5.28. The van der Waals surface area contributed by atoms with Gasteiger partial charge in [-0.2, -0.15) is 0 Å². The highest BCUT2D eigenvalue weighted by atomic mass is 16.5. The van der Waals surface area contributed by atoms with Crippen LogP contribution in [0.2, 0.25) is 0 Å². The molecule has 1 aromatic carbocycles. The van der Waals surface area contributed by atoms with Crippen molar-refractivity contribution in [3.05, 3.63) is 53.9 Å². The predicted octanol–water partition coefficient (Wildman–Crippen LogP) is 2.76. The fraction of sp³-hybridized carbons (Fsp3) is 0.364. The molecule has 3 heterocycles. The number of nitrogens with two attached hydrogens (primary N) is 1. The molecule has 1 aliphatic carbocycles. The Labute approximate surface area is 169 Å². The maximum Gasteiger partial charge on any atom is 0.254 e. The molecule has 0 spiro atoms. The van der Waals surface area contributed by atoms with E-state index in [9.17, 15) is 4.79 Å². The van der Waals surface area contributed by atoms with Crippen LogP contribution >= 0.6 is 0 Å². The third-order valence-electron chi connectivity index (χ3n) is 5.75. The zero-order valence-electron chi connectivity index (χ0n) is 16.4. The van der Waals surface area contributed by atoms with Crippen LogP contribution in [0, 0.1) is 5.92 Å². The molecule has 0 unspecified atom stereocenters. The van der Waals surface area contributed by atoms with Crippen molar-refractivity contribution >= 4 is 11.6 Å². The summed E-state index contributed by atoms with van der Waals surface area (Å²) >= 11 is 0. The molecule has 1 aliphatic heterocycles. The summed E-state index contributed by atoms with van der Waals surface area (Å²) in [5, 5.41) is 3.37. The molecule has 2 aromatic heterocycles. The maximum atomic E-state index is 12.3. The van der Waals surface area contributed by atoms with Crippen molar-refractivity contribution < 1.29 is 9.53 Å². The maximum absolute atomic E-state index is 12.3. The van der Waals surface area contributed by atoms with Crippen molar-refractivity contribution in [1.29, 1.82) is 0 Å². The van der Waals surface area contributed by atoms with Crippen LogP contribution in [0.25, 0.3) is 16.9 Å². The number of imidazole rings is 1. The molecule has 3 N–H and O–H groups in total. The summed E-state index contributed by atoms with van der Waals surface area (Å²) in [6.45, 7) is 7.12. The lowest BCUT2D eigenvalue weighted by Gasteiger charge is -2.24. The third-order valence-corrected chi connectivity index (χ3v) is 5.75. The Hall–Kier alpha value is -3.06. The predicted molar refractivity (Wildman–Crippen MR) is 111 cm³/mol. The topological polar surface area (TPSA) is 88.7 Å². The van der Waals surface area contributed by atoms with Crippen LogP contribution in [0.4, 0.5) is 0 Å². The van der Waals surface area contributed by atoms with Gasteiger partial charge in [-0.05, 0) is 43.0 Å². The number of amides is 1. The van der Waals surface area contributed by atoms with E-state index in [1.165, 1.54) is 12.8 Å². The molecule has 150 valence electrons. The number of aromatic nitrogens is 3. The molecule has 0 saturated heterocycles. The SMILES string of the molecule is C=CCN1CCc2nc3c(C(N)=O)c(-c4ccc(OCC5CC5)cc4)[nH]n3c2C1. The molecule has 29 heavy (non-hydrogen) atoms. The number of hydrogen-bond acceptors (Lipinski definition) is 4. The van der Waals surface area contributed by atoms with E-state index in [-0.39, 0.29) is 0 Å². The number of rotatable bonds is 7. The van der Waals surface area contributed by atoms with Gasteiger partial charge in [-0.15, -0.1) is 6.58 Å². The average molecular weight is 391 g/mol. The molecule has 2 aliphatic rings. The summed E-state index contributed by atoms with van der Waals surface area (Å²) in [4.78, 5) is 19.3. The minimum absolute atomic E-state index is 0.432. The Bertz CT molecular complexity index is 1080. The van der Waals surface area contributed by atoms with Gasteiger partial charge < -0.3 is 10.5 Å². The standard InChI is InChI=1S/C22H25N5O2/c1-2-10-26-11-9-17-18(12-26)27-22(24-17)19(21(23)28)20(25-27)15-5-7-16(8-6-15)29-13-14-3-4-14/h2,5-8,14,25H,1,3-4,9-13H2,(H2,23,28). The molecule has 7 nitrogen and oxygen atoms in total. The van der Waals surface area contributed by atoms with Gasteiger partial charge in [0.2, 0.25) is 0 Å². The van der Waals surface area contributed by atoms with Crippen LogP contribution in [0.3, 0.4) is 0 Å². The lowest BCUT2D eigenvalue weighted by atomic mass is 10.1. The molecule has 0 atom stereocenters. The highest BCUT2D eigenvalue weighted by molar-refractivity contribution is 6.04. The highest BCUT2D eigenvalue weighted by Crippen LogP contribution is 2.32. The Morgan fingerprint density at radius 2 is 2.14 bits per heavy atom. The van der Waals surface area contributed by atoms with E-state index < -0.39 is 5.91 Å². The van der Waals surface area contributed by atoms with E-state index in [0.717, 1.165) is 55.4 Å². The first-order valence-electron chi connectivity index (χ1n) is 10.1. The number of nitrogens with one attached hydrogen (secondary N) is 1. The summed E-state index contributed by atoms with van der Waals surface area (Å²) in [5.74, 6) is 1.07. The van der Waals surface area contributed by atoms with E-state index in [0.29, 0.717) is 22.8 Å². The smallest absolute Gasteiger partial charge is 0.254 e. The second kappa shape index (κ2) is 7.08. The van der Waals surface area contributed by atoms with Crippen molar-refractivity contribution in [2.75, 3.05) is 19.7 Å². The van der Waals surface area contributed by atoms with E-state index in [2.05, 4.69) is 16.6 Å². The molecule has 1 saturated carbocycles. The lowest BCUT2D eigenvalue weighted by Crippen LogP contribution is -2.31. The normalized spacial score (nSPS) is 16.7. The molecule has 1 fully saturated rings. The number of carbonyl (C=O) groups excluding carboxylic acids is 1. The fourth-order valence-corrected chi connectivity index (χ4v) is 3.98. The van der Waals surface area contributed by atoms with Crippen LogP contribution in [-0.2, 0) is 13.0 Å². The molecule has 1 amide bonds. The first-order chi connectivity index (χ1) is 14.1. The van der Waals surface area contributed by atoms with Crippen molar-refractivity contribution in [2.45, 2.75) is 25.8 Å². The molecule has 0 radical (unpaired) electrons. The number of carbonyl (C=O) groups is 1. The zero-order valence-corrected chi connectivity index (χ0v) is 16.4. The van der Waals surface area contributed by atoms with Crippen LogP contribution in [0.15, 0.2) is 36.9 Å². The van der Waals surface area contributed by atoms with Gasteiger partial charge >= 0.3 is 0 Å². The highest BCUT2D eigenvalue weighted by Gasteiger charge is 2.27. The Morgan fingerprint density at radius 1 is 1.34 bits per heavy atom.